The number of benzene rings is 2. The second-order valence-corrected chi connectivity index (χ2v) is 7.77. The Hall–Kier alpha value is -3.47. The van der Waals surface area contributed by atoms with Crippen molar-refractivity contribution in [1.82, 2.24) is 0 Å². The van der Waals surface area contributed by atoms with Gasteiger partial charge in [0.15, 0.2) is 0 Å². The van der Waals surface area contributed by atoms with Crippen LogP contribution in [0.1, 0.15) is 12.5 Å². The van der Waals surface area contributed by atoms with Gasteiger partial charge in [0.25, 0.3) is 15.7 Å². The number of aryl methyl sites for hydroxylation is 1. The Labute approximate surface area is 161 Å². The number of hydrogen-bond donors (Lipinski definition) is 2. The minimum absolute atomic E-state index is 0.0929. The summed E-state index contributed by atoms with van der Waals surface area (Å²) >= 11 is 0. The highest BCUT2D eigenvalue weighted by Crippen LogP contribution is 2.29. The Balaban J connectivity index is 2.51. The van der Waals surface area contributed by atoms with E-state index in [4.69, 9.17) is 5.73 Å². The van der Waals surface area contributed by atoms with E-state index in [1.807, 2.05) is 0 Å². The van der Waals surface area contributed by atoms with Gasteiger partial charge in [0, 0.05) is 24.7 Å². The van der Waals surface area contributed by atoms with Crippen molar-refractivity contribution in [3.63, 3.8) is 0 Å². The lowest BCUT2D eigenvalue weighted by molar-refractivity contribution is -0.384. The van der Waals surface area contributed by atoms with Crippen molar-refractivity contribution in [3.8, 4) is 0 Å². The fraction of sp³-hybridized carbons (Fsp3) is 0.176. The molecule has 0 radical (unpaired) electrons. The van der Waals surface area contributed by atoms with Crippen molar-refractivity contribution in [2.45, 2.75) is 18.7 Å². The fourth-order valence-corrected chi connectivity index (χ4v) is 4.01. The molecule has 10 nitrogen and oxygen atoms in total. The van der Waals surface area contributed by atoms with E-state index in [0.29, 0.717) is 5.69 Å². The van der Waals surface area contributed by atoms with E-state index in [0.717, 1.165) is 10.4 Å². The molecule has 0 saturated carbocycles. The number of amides is 2. The number of nitrogens with zero attached hydrogens (tertiary/aromatic N) is 2. The number of primary amides is 1. The molecule has 3 N–H and O–H groups in total. The monoisotopic (exact) mass is 406 g/mol. The number of sulfonamides is 1. The molecule has 2 amide bonds. The van der Waals surface area contributed by atoms with Gasteiger partial charge in [-0.3, -0.25) is 24.0 Å². The first-order valence-electron chi connectivity index (χ1n) is 7.96. The summed E-state index contributed by atoms with van der Waals surface area (Å²) in [6.07, 6.45) is 0. The van der Waals surface area contributed by atoms with Gasteiger partial charge in [0.05, 0.1) is 15.5 Å². The van der Waals surface area contributed by atoms with E-state index in [9.17, 15) is 28.1 Å². The van der Waals surface area contributed by atoms with Crippen LogP contribution in [-0.4, -0.2) is 31.7 Å². The normalized spacial score (nSPS) is 10.9. The van der Waals surface area contributed by atoms with Crippen LogP contribution in [0.3, 0.4) is 0 Å². The summed E-state index contributed by atoms with van der Waals surface area (Å²) in [6.45, 7) is 2.16. The van der Waals surface area contributed by atoms with Crippen molar-refractivity contribution < 1.29 is 22.9 Å². The van der Waals surface area contributed by atoms with Crippen LogP contribution < -0.4 is 15.4 Å². The van der Waals surface area contributed by atoms with E-state index >= 15 is 0 Å². The topological polar surface area (TPSA) is 153 Å². The third kappa shape index (κ3) is 4.62. The van der Waals surface area contributed by atoms with Gasteiger partial charge < -0.3 is 11.1 Å². The summed E-state index contributed by atoms with van der Waals surface area (Å²) in [6, 6.07) is 8.95. The van der Waals surface area contributed by atoms with Gasteiger partial charge in [-0.15, -0.1) is 0 Å². The Morgan fingerprint density at radius 3 is 2.25 bits per heavy atom. The fourth-order valence-electron chi connectivity index (χ4n) is 2.51. The van der Waals surface area contributed by atoms with Gasteiger partial charge >= 0.3 is 0 Å². The lowest BCUT2D eigenvalue weighted by atomic mass is 10.2. The number of rotatable bonds is 7. The minimum Gasteiger partial charge on any atom is -0.368 e. The molecule has 0 aliphatic carbocycles. The maximum Gasteiger partial charge on any atom is 0.269 e. The quantitative estimate of drug-likeness (QED) is 0.525. The van der Waals surface area contributed by atoms with Crippen LogP contribution in [0.5, 0.6) is 0 Å². The first-order valence-corrected chi connectivity index (χ1v) is 9.40. The molecule has 0 aliphatic heterocycles. The number of non-ortho nitro benzene ring substituents is 1. The standard InChI is InChI=1S/C17H18N4O6S/c1-11-9-14(21(24)25)5-8-16(11)20(10-17(18)23)28(26,27)15-6-3-13(4-7-15)19-12(2)22/h3-9H,10H2,1-2H3,(H2,18,23)(H,19,22). The zero-order valence-electron chi connectivity index (χ0n) is 15.1. The molecule has 28 heavy (non-hydrogen) atoms. The van der Waals surface area contributed by atoms with E-state index in [1.54, 1.807) is 0 Å². The summed E-state index contributed by atoms with van der Waals surface area (Å²) in [5.41, 5.74) is 5.78. The molecule has 0 bridgehead atoms. The predicted octanol–water partition coefficient (Wildman–Crippen LogP) is 1.54. The van der Waals surface area contributed by atoms with Crippen molar-refractivity contribution in [1.29, 1.82) is 0 Å². The Morgan fingerprint density at radius 1 is 1.18 bits per heavy atom. The number of hydrogen-bond acceptors (Lipinski definition) is 6. The first kappa shape index (κ1) is 20.8. The number of carbonyl (C=O) groups is 2. The van der Waals surface area contributed by atoms with Gasteiger partial charge in [-0.2, -0.15) is 0 Å². The molecule has 2 aromatic carbocycles. The molecule has 0 spiro atoms. The van der Waals surface area contributed by atoms with E-state index < -0.39 is 27.4 Å². The summed E-state index contributed by atoms with van der Waals surface area (Å²) in [5.74, 6) is -1.20. The Morgan fingerprint density at radius 2 is 1.79 bits per heavy atom. The molecule has 0 unspecified atom stereocenters. The van der Waals surface area contributed by atoms with E-state index in [1.165, 1.54) is 50.2 Å². The Kier molecular flexibility index (Phi) is 5.99. The molecular weight excluding hydrogens is 388 g/mol. The van der Waals surface area contributed by atoms with Crippen LogP contribution >= 0.6 is 0 Å². The molecule has 11 heteroatoms. The van der Waals surface area contributed by atoms with Crippen molar-refractivity contribution in [2.75, 3.05) is 16.2 Å². The second kappa shape index (κ2) is 8.05. The van der Waals surface area contributed by atoms with Crippen molar-refractivity contribution in [3.05, 3.63) is 58.1 Å². The third-order valence-corrected chi connectivity index (χ3v) is 5.50. The van der Waals surface area contributed by atoms with Crippen LogP contribution in [-0.2, 0) is 19.6 Å². The number of carbonyl (C=O) groups excluding carboxylic acids is 2. The average molecular weight is 406 g/mol. The van der Waals surface area contributed by atoms with Gasteiger partial charge in [-0.05, 0) is 42.8 Å². The smallest absolute Gasteiger partial charge is 0.269 e. The summed E-state index contributed by atoms with van der Waals surface area (Å²) in [7, 11) is -4.20. The molecule has 2 rings (SSSR count). The van der Waals surface area contributed by atoms with Gasteiger partial charge in [0.1, 0.15) is 6.54 Å². The summed E-state index contributed by atoms with van der Waals surface area (Å²) < 4.78 is 26.9. The zero-order chi connectivity index (χ0) is 21.1. The number of nitrogens with two attached hydrogens (primary N) is 1. The lowest BCUT2D eigenvalue weighted by Gasteiger charge is -2.24. The lowest BCUT2D eigenvalue weighted by Crippen LogP contribution is -2.39. The van der Waals surface area contributed by atoms with Crippen LogP contribution in [0, 0.1) is 17.0 Å². The predicted molar refractivity (Wildman–Crippen MR) is 102 cm³/mol. The first-order chi connectivity index (χ1) is 13.0. The van der Waals surface area contributed by atoms with Crippen LogP contribution in [0.2, 0.25) is 0 Å². The summed E-state index contributed by atoms with van der Waals surface area (Å²) in [5, 5.41) is 13.4. The molecule has 0 saturated heterocycles. The van der Waals surface area contributed by atoms with Gasteiger partial charge in [-0.1, -0.05) is 0 Å². The highest BCUT2D eigenvalue weighted by atomic mass is 32.2. The van der Waals surface area contributed by atoms with Crippen LogP contribution in [0.25, 0.3) is 0 Å². The van der Waals surface area contributed by atoms with Crippen LogP contribution in [0.4, 0.5) is 17.1 Å². The third-order valence-electron chi connectivity index (χ3n) is 3.72. The number of anilines is 2. The molecule has 0 atom stereocenters. The van der Waals surface area contributed by atoms with E-state index in [-0.39, 0.29) is 27.7 Å². The van der Waals surface area contributed by atoms with Gasteiger partial charge in [0.2, 0.25) is 11.8 Å². The molecule has 0 heterocycles. The molecular formula is C17H18N4O6S. The molecule has 0 aliphatic rings. The largest absolute Gasteiger partial charge is 0.368 e. The molecule has 0 fully saturated rings. The van der Waals surface area contributed by atoms with Crippen molar-refractivity contribution in [2.24, 2.45) is 5.73 Å². The average Bonchev–Trinajstić information content (AvgIpc) is 2.59. The Bertz CT molecular complexity index is 1030. The molecule has 148 valence electrons. The number of nitro groups is 1. The summed E-state index contributed by atoms with van der Waals surface area (Å²) in [4.78, 5) is 32.7. The molecule has 2 aromatic rings. The van der Waals surface area contributed by atoms with E-state index in [2.05, 4.69) is 5.32 Å². The van der Waals surface area contributed by atoms with Crippen LogP contribution in [0.15, 0.2) is 47.4 Å². The SMILES string of the molecule is CC(=O)Nc1ccc(S(=O)(=O)N(CC(N)=O)c2ccc([N+](=O)[O-])cc2C)cc1. The molecule has 0 aromatic heterocycles. The minimum atomic E-state index is -4.20. The van der Waals surface area contributed by atoms with Gasteiger partial charge in [-0.25, -0.2) is 8.42 Å². The highest BCUT2D eigenvalue weighted by Gasteiger charge is 2.28. The maximum atomic E-state index is 13.1. The zero-order valence-corrected chi connectivity index (χ0v) is 15.9. The second-order valence-electron chi connectivity index (χ2n) is 5.91. The number of nitrogens with one attached hydrogen (secondary N) is 1. The van der Waals surface area contributed by atoms with Crippen molar-refractivity contribution >= 4 is 38.9 Å². The maximum absolute atomic E-state index is 13.1. The number of nitro benzene ring substituents is 1. The highest BCUT2D eigenvalue weighted by molar-refractivity contribution is 7.92.